The molecule has 1 radical (unpaired) electrons. The third-order valence-electron chi connectivity index (χ3n) is 0.247. The van der Waals surface area contributed by atoms with E-state index in [0.29, 0.717) is 0 Å². The second-order valence-electron chi connectivity index (χ2n) is 0.638. The van der Waals surface area contributed by atoms with E-state index in [9.17, 15) is 0 Å². The predicted octanol–water partition coefficient (Wildman–Crippen LogP) is 4.04. The van der Waals surface area contributed by atoms with Crippen LogP contribution in [0, 0.1) is 0 Å². The van der Waals surface area contributed by atoms with Crippen LogP contribution in [0.5, 0.6) is 0 Å². The normalized spacial score (nSPS) is 12.0. The Labute approximate surface area is 81.1 Å². The molecule has 0 heterocycles. The van der Waals surface area contributed by atoms with Crippen LogP contribution in [0.3, 0.4) is 0 Å². The van der Waals surface area contributed by atoms with Crippen LogP contribution < -0.4 is 0 Å². The summed E-state index contributed by atoms with van der Waals surface area (Å²) in [7, 11) is 0. The first-order chi connectivity index (χ1) is 3.68. The fraction of sp³-hybridized carbons (Fsp3) is 0. The van der Waals surface area contributed by atoms with Crippen molar-refractivity contribution in [2.75, 3.05) is 0 Å². The molecule has 3 nitrogen and oxygen atoms in total. The smallest absolute Gasteiger partial charge is 0.230 e. The van der Waals surface area contributed by atoms with Gasteiger partial charge in [-0.1, -0.05) is 0 Å². The van der Waals surface area contributed by atoms with E-state index in [-0.39, 0.29) is 0 Å². The lowest BCUT2D eigenvalue weighted by molar-refractivity contribution is 0.493. The Morgan fingerprint density at radius 3 is 1.12 bits per heavy atom. The van der Waals surface area contributed by atoms with Crippen LogP contribution in [0.4, 0.5) is 0 Å². The molecule has 0 aromatic heterocycles. The van der Waals surface area contributed by atoms with Gasteiger partial charge in [0.1, 0.15) is 48.8 Å². The van der Waals surface area contributed by atoms with E-state index >= 15 is 0 Å². The summed E-state index contributed by atoms with van der Waals surface area (Å²) in [5.74, 6) is 0. The molecule has 0 unspecified atom stereocenters. The molecule has 8 heteroatoms. The van der Waals surface area contributed by atoms with E-state index in [1.807, 2.05) is 0 Å². The molecule has 0 aliphatic rings. The standard InChI is InChI=1S/Br4O3P/c1-5-8(4,6-2)7-3. The summed E-state index contributed by atoms with van der Waals surface area (Å²) >= 11 is 11.0. The van der Waals surface area contributed by atoms with E-state index < -0.39 is 6.65 Å². The Kier molecular flexibility index (Phi) is 6.34. The largest absolute Gasteiger partial charge is 0.336 e. The van der Waals surface area contributed by atoms with Crippen molar-refractivity contribution < 1.29 is 10.8 Å². The predicted molar refractivity (Wildman–Crippen MR) is 45.9 cm³/mol. The van der Waals surface area contributed by atoms with Crippen LogP contribution >= 0.6 is 70.9 Å². The summed E-state index contributed by atoms with van der Waals surface area (Å²) < 4.78 is 13.6. The van der Waals surface area contributed by atoms with Crippen molar-refractivity contribution in [1.29, 1.82) is 0 Å². The van der Waals surface area contributed by atoms with Crippen molar-refractivity contribution >= 4 is 70.9 Å². The fourth-order valence-electron chi connectivity index (χ4n) is 0.0319. The number of hydrogen-bond acceptors (Lipinski definition) is 3. The molecule has 0 saturated heterocycles. The highest BCUT2D eigenvalue weighted by molar-refractivity contribution is 9.42. The van der Waals surface area contributed by atoms with Gasteiger partial charge < -0.3 is 0 Å². The van der Waals surface area contributed by atoms with E-state index in [2.05, 4.69) is 75.1 Å². The Balaban J connectivity index is 3.58. The van der Waals surface area contributed by atoms with Gasteiger partial charge in [-0.3, -0.25) is 0 Å². The zero-order chi connectivity index (χ0) is 6.62. The minimum absolute atomic E-state index is 2.35. The van der Waals surface area contributed by atoms with Gasteiger partial charge in [-0.2, -0.15) is 0 Å². The number of rotatable bonds is 3. The first-order valence-electron chi connectivity index (χ1n) is 1.18. The lowest BCUT2D eigenvalue weighted by atomic mass is 15.8. The molecule has 8 heavy (non-hydrogen) atoms. The molecule has 0 rings (SSSR count). The van der Waals surface area contributed by atoms with Crippen molar-refractivity contribution in [3.05, 3.63) is 0 Å². The van der Waals surface area contributed by atoms with Crippen LogP contribution in [0.2, 0.25) is 0 Å². The minimum atomic E-state index is -2.35. The topological polar surface area (TPSA) is 27.7 Å². The van der Waals surface area contributed by atoms with Crippen molar-refractivity contribution in [3.63, 3.8) is 0 Å². The Bertz CT molecular complexity index is 54.0. The lowest BCUT2D eigenvalue weighted by Gasteiger charge is -2.15. The minimum Gasteiger partial charge on any atom is -0.230 e. The van der Waals surface area contributed by atoms with E-state index in [1.54, 1.807) is 0 Å². The van der Waals surface area contributed by atoms with Crippen LogP contribution in [0.15, 0.2) is 0 Å². The van der Waals surface area contributed by atoms with Crippen molar-refractivity contribution in [1.82, 2.24) is 0 Å². The Hall–Kier alpha value is 2.23. The Morgan fingerprint density at radius 1 is 0.875 bits per heavy atom. The zero-order valence-electron chi connectivity index (χ0n) is 3.18. The molecule has 0 bridgehead atoms. The zero-order valence-corrected chi connectivity index (χ0v) is 10.4. The average Bonchev–Trinajstić information content (AvgIpc) is 1.87. The molecule has 0 spiro atoms. The van der Waals surface area contributed by atoms with Crippen LogP contribution in [-0.4, -0.2) is 0 Å². The van der Waals surface area contributed by atoms with Crippen molar-refractivity contribution in [3.8, 4) is 0 Å². The summed E-state index contributed by atoms with van der Waals surface area (Å²) in [6.07, 6.45) is 0. The molecule has 0 aliphatic carbocycles. The third-order valence-corrected chi connectivity index (χ3v) is 8.97. The van der Waals surface area contributed by atoms with E-state index in [1.165, 1.54) is 0 Å². The molecule has 0 saturated carbocycles. The molecule has 0 fully saturated rings. The summed E-state index contributed by atoms with van der Waals surface area (Å²) in [6.45, 7) is -2.35. The van der Waals surface area contributed by atoms with Gasteiger partial charge in [0.2, 0.25) is 0 Å². The Morgan fingerprint density at radius 2 is 1.12 bits per heavy atom. The average molecular weight is 399 g/mol. The molecular weight excluding hydrogens is 399 g/mol. The number of hydrogen-bond donors (Lipinski definition) is 0. The summed E-state index contributed by atoms with van der Waals surface area (Å²) in [5.41, 5.74) is 0. The van der Waals surface area contributed by atoms with Gasteiger partial charge in [-0.05, 0) is 0 Å². The van der Waals surface area contributed by atoms with Crippen LogP contribution in [0.1, 0.15) is 0 Å². The highest BCUT2D eigenvalue weighted by atomic mass is 79.9. The van der Waals surface area contributed by atoms with Crippen LogP contribution in [-0.2, 0) is 10.8 Å². The van der Waals surface area contributed by atoms with Gasteiger partial charge in [-0.15, -0.1) is 0 Å². The molecule has 0 amide bonds. The quantitative estimate of drug-likeness (QED) is 0.672. The molecule has 0 N–H and O–H groups in total. The number of halogens is 4. The van der Waals surface area contributed by atoms with Gasteiger partial charge in [0, 0.05) is 15.5 Å². The molecular formula is Br4O3P. The third kappa shape index (κ3) is 3.41. The second-order valence-corrected chi connectivity index (χ2v) is 7.13. The summed E-state index contributed by atoms with van der Waals surface area (Å²) in [4.78, 5) is 0. The maximum atomic E-state index is 4.54. The summed E-state index contributed by atoms with van der Waals surface area (Å²) in [6, 6.07) is 0. The SMILES string of the molecule is BrO[P](Br)(OBr)OBr. The second kappa shape index (κ2) is 4.96. The van der Waals surface area contributed by atoms with Gasteiger partial charge >= 0.3 is 6.65 Å². The highest BCUT2D eigenvalue weighted by Crippen LogP contribution is 2.73. The first kappa shape index (κ1) is 10.2. The molecule has 0 aliphatic heterocycles. The summed E-state index contributed by atoms with van der Waals surface area (Å²) in [5, 5.41) is 0. The first-order valence-corrected chi connectivity index (χ1v) is 6.68. The lowest BCUT2D eigenvalue weighted by Crippen LogP contribution is -1.78. The van der Waals surface area contributed by atoms with Gasteiger partial charge in [0.25, 0.3) is 0 Å². The monoisotopic (exact) mass is 395 g/mol. The van der Waals surface area contributed by atoms with Gasteiger partial charge in [0.15, 0.2) is 0 Å². The molecule has 0 aromatic carbocycles. The van der Waals surface area contributed by atoms with E-state index in [4.69, 9.17) is 0 Å². The van der Waals surface area contributed by atoms with E-state index in [0.717, 1.165) is 0 Å². The molecule has 0 aromatic rings. The molecule has 0 atom stereocenters. The highest BCUT2D eigenvalue weighted by Gasteiger charge is 2.27. The maximum absolute atomic E-state index is 4.54. The van der Waals surface area contributed by atoms with Gasteiger partial charge in [0.05, 0.1) is 0 Å². The maximum Gasteiger partial charge on any atom is 0.336 e. The van der Waals surface area contributed by atoms with Gasteiger partial charge in [-0.25, -0.2) is 10.8 Å². The van der Waals surface area contributed by atoms with Crippen LogP contribution in [0.25, 0.3) is 0 Å². The fourth-order valence-corrected chi connectivity index (χ4v) is 2.59. The molecule has 51 valence electrons. The van der Waals surface area contributed by atoms with Crippen molar-refractivity contribution in [2.24, 2.45) is 0 Å². The van der Waals surface area contributed by atoms with Crippen molar-refractivity contribution in [2.45, 2.75) is 0 Å².